The van der Waals surface area contributed by atoms with Crippen LogP contribution >= 0.6 is 0 Å². The Balaban J connectivity index is 2.80. The van der Waals surface area contributed by atoms with Gasteiger partial charge in [0, 0.05) is 13.2 Å². The Morgan fingerprint density at radius 3 is 2.25 bits per heavy atom. The molecule has 0 radical (unpaired) electrons. The maximum absolute atomic E-state index is 6.18. The van der Waals surface area contributed by atoms with Crippen molar-refractivity contribution in [3.8, 4) is 0 Å². The Morgan fingerprint density at radius 1 is 1.25 bits per heavy atom. The van der Waals surface area contributed by atoms with E-state index in [0.717, 1.165) is 12.8 Å². The lowest BCUT2D eigenvalue weighted by molar-refractivity contribution is 0.0772. The zero-order valence-corrected chi connectivity index (χ0v) is 10.8. The minimum atomic E-state index is 0.0785. The predicted octanol–water partition coefficient (Wildman–Crippen LogP) is 2.60. The fourth-order valence-corrected chi connectivity index (χ4v) is 2.18. The van der Waals surface area contributed by atoms with E-state index in [0.29, 0.717) is 0 Å². The molecule has 0 amide bonds. The summed E-state index contributed by atoms with van der Waals surface area (Å²) >= 11 is 0. The van der Waals surface area contributed by atoms with E-state index in [2.05, 4.69) is 39.0 Å². The van der Waals surface area contributed by atoms with Gasteiger partial charge in [0.15, 0.2) is 0 Å². The lowest BCUT2D eigenvalue weighted by Gasteiger charge is -2.22. The Bertz CT molecular complexity index is 311. The molecule has 2 unspecified atom stereocenters. The van der Waals surface area contributed by atoms with Crippen molar-refractivity contribution in [1.82, 2.24) is 0 Å². The number of rotatable bonds is 5. The van der Waals surface area contributed by atoms with Crippen LogP contribution in [0.15, 0.2) is 18.2 Å². The summed E-state index contributed by atoms with van der Waals surface area (Å²) in [6.45, 7) is 6.39. The second-order valence-electron chi connectivity index (χ2n) is 4.42. The fourth-order valence-electron chi connectivity index (χ4n) is 2.18. The average Bonchev–Trinajstić information content (AvgIpc) is 2.25. The molecule has 0 aliphatic rings. The summed E-state index contributed by atoms with van der Waals surface area (Å²) < 4.78 is 5.39. The van der Waals surface area contributed by atoms with Gasteiger partial charge >= 0.3 is 0 Å². The van der Waals surface area contributed by atoms with Gasteiger partial charge in [-0.05, 0) is 43.4 Å². The minimum Gasteiger partial charge on any atom is -0.380 e. The van der Waals surface area contributed by atoms with Crippen LogP contribution in [0.2, 0.25) is 0 Å². The van der Waals surface area contributed by atoms with Gasteiger partial charge in [0.1, 0.15) is 0 Å². The van der Waals surface area contributed by atoms with Crippen molar-refractivity contribution in [3.63, 3.8) is 0 Å². The highest BCUT2D eigenvalue weighted by molar-refractivity contribution is 5.34. The van der Waals surface area contributed by atoms with Crippen molar-refractivity contribution in [2.45, 2.75) is 45.8 Å². The van der Waals surface area contributed by atoms with E-state index in [-0.39, 0.29) is 12.1 Å². The average molecular weight is 221 g/mol. The molecule has 16 heavy (non-hydrogen) atoms. The maximum Gasteiger partial charge on any atom is 0.0722 e. The van der Waals surface area contributed by atoms with Crippen molar-refractivity contribution in [3.05, 3.63) is 34.9 Å². The zero-order chi connectivity index (χ0) is 12.1. The van der Waals surface area contributed by atoms with Crippen molar-refractivity contribution in [1.29, 1.82) is 0 Å². The molecular weight excluding hydrogens is 198 g/mol. The smallest absolute Gasteiger partial charge is 0.0722 e. The third-order valence-corrected chi connectivity index (χ3v) is 3.27. The van der Waals surface area contributed by atoms with Crippen LogP contribution in [0.1, 0.15) is 30.0 Å². The molecule has 90 valence electrons. The summed E-state index contributed by atoms with van der Waals surface area (Å²) in [6.07, 6.45) is 2.01. The van der Waals surface area contributed by atoms with Crippen LogP contribution in [-0.4, -0.2) is 19.3 Å². The summed E-state index contributed by atoms with van der Waals surface area (Å²) in [6, 6.07) is 6.45. The Labute approximate surface area is 98.8 Å². The molecule has 1 rings (SSSR count). The van der Waals surface area contributed by atoms with Gasteiger partial charge in [0.2, 0.25) is 0 Å². The summed E-state index contributed by atoms with van der Waals surface area (Å²) in [5.41, 5.74) is 10.2. The molecule has 2 heteroatoms. The summed E-state index contributed by atoms with van der Waals surface area (Å²) in [7, 11) is 1.73. The maximum atomic E-state index is 6.18. The quantitative estimate of drug-likeness (QED) is 0.829. The van der Waals surface area contributed by atoms with Crippen LogP contribution in [0.25, 0.3) is 0 Å². The van der Waals surface area contributed by atoms with Crippen LogP contribution in [0, 0.1) is 13.8 Å². The predicted molar refractivity (Wildman–Crippen MR) is 68.7 cm³/mol. The molecule has 0 saturated heterocycles. The highest BCUT2D eigenvalue weighted by atomic mass is 16.5. The first-order valence-corrected chi connectivity index (χ1v) is 5.93. The first-order chi connectivity index (χ1) is 7.60. The van der Waals surface area contributed by atoms with Gasteiger partial charge in [0.25, 0.3) is 0 Å². The highest BCUT2D eigenvalue weighted by Gasteiger charge is 2.17. The normalized spacial score (nSPS) is 14.8. The molecule has 0 bridgehead atoms. The topological polar surface area (TPSA) is 35.2 Å². The fraction of sp³-hybridized carbons (Fsp3) is 0.571. The van der Waals surface area contributed by atoms with Crippen LogP contribution in [0.3, 0.4) is 0 Å². The molecule has 0 heterocycles. The number of hydrogen-bond donors (Lipinski definition) is 1. The van der Waals surface area contributed by atoms with Gasteiger partial charge in [-0.15, -0.1) is 0 Å². The molecular formula is C14H23NO. The molecule has 0 spiro atoms. The lowest BCUT2D eigenvalue weighted by Crippen LogP contribution is -2.37. The number of methoxy groups -OCH3 is 1. The summed E-state index contributed by atoms with van der Waals surface area (Å²) in [4.78, 5) is 0. The molecule has 0 aliphatic carbocycles. The third-order valence-electron chi connectivity index (χ3n) is 3.27. The number of hydrogen-bond acceptors (Lipinski definition) is 2. The second-order valence-corrected chi connectivity index (χ2v) is 4.42. The second kappa shape index (κ2) is 6.02. The Morgan fingerprint density at radius 2 is 1.81 bits per heavy atom. The van der Waals surface area contributed by atoms with Crippen molar-refractivity contribution >= 4 is 0 Å². The van der Waals surface area contributed by atoms with E-state index in [1.54, 1.807) is 7.11 Å². The van der Waals surface area contributed by atoms with E-state index < -0.39 is 0 Å². The standard InChI is InChI=1S/C14H23NO/c1-5-14(16-4)13(15)9-12-10(2)7-6-8-11(12)3/h6-8,13-14H,5,9,15H2,1-4H3. The van der Waals surface area contributed by atoms with Gasteiger partial charge < -0.3 is 10.5 Å². The largest absolute Gasteiger partial charge is 0.380 e. The summed E-state index contributed by atoms with van der Waals surface area (Å²) in [5.74, 6) is 0. The Hall–Kier alpha value is -0.860. The van der Waals surface area contributed by atoms with Crippen LogP contribution in [-0.2, 0) is 11.2 Å². The first kappa shape index (κ1) is 13.2. The zero-order valence-electron chi connectivity index (χ0n) is 10.8. The van der Waals surface area contributed by atoms with Crippen molar-refractivity contribution < 1.29 is 4.74 Å². The summed E-state index contributed by atoms with van der Waals surface area (Å²) in [5, 5.41) is 0. The Kier molecular flexibility index (Phi) is 4.97. The first-order valence-electron chi connectivity index (χ1n) is 5.93. The van der Waals surface area contributed by atoms with E-state index in [1.807, 2.05) is 0 Å². The number of ether oxygens (including phenoxy) is 1. The lowest BCUT2D eigenvalue weighted by atomic mass is 9.94. The molecule has 1 aromatic rings. The molecule has 0 fully saturated rings. The van der Waals surface area contributed by atoms with Crippen molar-refractivity contribution in [2.24, 2.45) is 5.73 Å². The monoisotopic (exact) mass is 221 g/mol. The molecule has 2 nitrogen and oxygen atoms in total. The minimum absolute atomic E-state index is 0.0785. The van der Waals surface area contributed by atoms with E-state index in [4.69, 9.17) is 10.5 Å². The van der Waals surface area contributed by atoms with Crippen LogP contribution < -0.4 is 5.73 Å². The number of benzene rings is 1. The van der Waals surface area contributed by atoms with E-state index in [1.165, 1.54) is 16.7 Å². The van der Waals surface area contributed by atoms with E-state index >= 15 is 0 Å². The van der Waals surface area contributed by atoms with Crippen LogP contribution in [0.5, 0.6) is 0 Å². The van der Waals surface area contributed by atoms with Gasteiger partial charge in [0.05, 0.1) is 6.10 Å². The SMILES string of the molecule is CCC(OC)C(N)Cc1c(C)cccc1C. The number of nitrogens with two attached hydrogens (primary N) is 1. The highest BCUT2D eigenvalue weighted by Crippen LogP contribution is 2.17. The van der Waals surface area contributed by atoms with Gasteiger partial charge in [-0.1, -0.05) is 25.1 Å². The number of aryl methyl sites for hydroxylation is 2. The third kappa shape index (κ3) is 3.06. The van der Waals surface area contributed by atoms with Gasteiger partial charge in [-0.2, -0.15) is 0 Å². The van der Waals surface area contributed by atoms with E-state index in [9.17, 15) is 0 Å². The molecule has 1 aromatic carbocycles. The van der Waals surface area contributed by atoms with Crippen LogP contribution in [0.4, 0.5) is 0 Å². The molecule has 2 atom stereocenters. The molecule has 0 saturated carbocycles. The van der Waals surface area contributed by atoms with Gasteiger partial charge in [-0.25, -0.2) is 0 Å². The van der Waals surface area contributed by atoms with Gasteiger partial charge in [-0.3, -0.25) is 0 Å². The molecule has 0 aromatic heterocycles. The molecule has 2 N–H and O–H groups in total. The molecule has 0 aliphatic heterocycles. The van der Waals surface area contributed by atoms with Crippen molar-refractivity contribution in [2.75, 3.05) is 7.11 Å².